The molecule has 2 aromatic heterocycles. The Bertz CT molecular complexity index is 1780. The Morgan fingerprint density at radius 3 is 2.32 bits per heavy atom. The van der Waals surface area contributed by atoms with Gasteiger partial charge < -0.3 is 5.11 Å². The minimum absolute atomic E-state index is 0.0400. The van der Waals surface area contributed by atoms with Crippen LogP contribution in [0, 0.1) is 6.92 Å². The molecule has 4 aromatic carbocycles. The van der Waals surface area contributed by atoms with Gasteiger partial charge in [0.15, 0.2) is 0 Å². The Morgan fingerprint density at radius 1 is 0.865 bits per heavy atom. The molecule has 0 unspecified atom stereocenters. The summed E-state index contributed by atoms with van der Waals surface area (Å²) in [7, 11) is 0. The van der Waals surface area contributed by atoms with E-state index in [-0.39, 0.29) is 16.6 Å². The van der Waals surface area contributed by atoms with Gasteiger partial charge in [-0.2, -0.15) is 10.3 Å². The zero-order valence-corrected chi connectivity index (χ0v) is 20.0. The van der Waals surface area contributed by atoms with E-state index in [1.165, 1.54) is 0 Å². The SMILES string of the molecule is Cc1cc(O)c2c(=O)c(-c3ccccc3)nn(Cc3ccc(-c4ccccc4-c4nn[nH]n4)cc3)c2c1. The lowest BCUT2D eigenvalue weighted by atomic mass is 9.98. The lowest BCUT2D eigenvalue weighted by Gasteiger charge is -2.15. The van der Waals surface area contributed by atoms with Crippen LogP contribution < -0.4 is 5.43 Å². The number of phenols is 1. The van der Waals surface area contributed by atoms with Crippen LogP contribution in [0.1, 0.15) is 11.1 Å². The van der Waals surface area contributed by atoms with Gasteiger partial charge in [-0.1, -0.05) is 78.9 Å². The molecule has 0 aliphatic carbocycles. The molecule has 6 aromatic rings. The number of nitrogens with one attached hydrogen (secondary N) is 1. The van der Waals surface area contributed by atoms with E-state index in [9.17, 15) is 9.90 Å². The van der Waals surface area contributed by atoms with Gasteiger partial charge in [-0.3, -0.25) is 9.48 Å². The van der Waals surface area contributed by atoms with E-state index in [1.807, 2.05) is 91.9 Å². The number of hydrogen-bond donors (Lipinski definition) is 2. The van der Waals surface area contributed by atoms with Crippen molar-refractivity contribution < 1.29 is 5.11 Å². The quantitative estimate of drug-likeness (QED) is 0.356. The van der Waals surface area contributed by atoms with Gasteiger partial charge in [-0.05, 0) is 46.5 Å². The van der Waals surface area contributed by atoms with Gasteiger partial charge in [0.2, 0.25) is 11.3 Å². The summed E-state index contributed by atoms with van der Waals surface area (Å²) in [6.45, 7) is 2.31. The van der Waals surface area contributed by atoms with Crippen molar-refractivity contribution in [1.29, 1.82) is 0 Å². The molecule has 8 nitrogen and oxygen atoms in total. The smallest absolute Gasteiger partial charge is 0.219 e. The third-order valence-corrected chi connectivity index (χ3v) is 6.34. The van der Waals surface area contributed by atoms with Crippen molar-refractivity contribution in [2.75, 3.05) is 0 Å². The molecule has 0 fully saturated rings. The van der Waals surface area contributed by atoms with Crippen molar-refractivity contribution in [3.63, 3.8) is 0 Å². The summed E-state index contributed by atoms with van der Waals surface area (Å²) in [5.74, 6) is 0.494. The second-order valence-corrected chi connectivity index (χ2v) is 8.86. The maximum absolute atomic E-state index is 13.3. The summed E-state index contributed by atoms with van der Waals surface area (Å²) < 4.78 is 1.79. The van der Waals surface area contributed by atoms with Crippen molar-refractivity contribution in [2.45, 2.75) is 13.5 Å². The minimum atomic E-state index is -0.289. The molecule has 0 saturated heterocycles. The number of fused-ring (bicyclic) bond motifs is 1. The minimum Gasteiger partial charge on any atom is -0.507 e. The van der Waals surface area contributed by atoms with Crippen molar-refractivity contribution in [3.05, 3.63) is 112 Å². The van der Waals surface area contributed by atoms with Crippen LogP contribution >= 0.6 is 0 Å². The molecule has 0 amide bonds. The fourth-order valence-electron chi connectivity index (χ4n) is 4.60. The van der Waals surface area contributed by atoms with Crippen molar-refractivity contribution in [1.82, 2.24) is 30.4 Å². The molecule has 0 bridgehead atoms. The predicted molar refractivity (Wildman–Crippen MR) is 142 cm³/mol. The van der Waals surface area contributed by atoms with Gasteiger partial charge in [0, 0.05) is 11.1 Å². The average molecular weight is 487 g/mol. The molecule has 6 rings (SSSR count). The number of tetrazole rings is 1. The Labute approximate surface area is 211 Å². The first kappa shape index (κ1) is 22.4. The van der Waals surface area contributed by atoms with E-state index >= 15 is 0 Å². The zero-order chi connectivity index (χ0) is 25.4. The largest absolute Gasteiger partial charge is 0.507 e. The van der Waals surface area contributed by atoms with Crippen LogP contribution in [0.3, 0.4) is 0 Å². The fraction of sp³-hybridized carbons (Fsp3) is 0.0690. The maximum Gasteiger partial charge on any atom is 0.219 e. The Kier molecular flexibility index (Phi) is 5.54. The molecule has 2 heterocycles. The van der Waals surface area contributed by atoms with Gasteiger partial charge in [0.25, 0.3) is 0 Å². The molecule has 37 heavy (non-hydrogen) atoms. The molecule has 0 aliphatic heterocycles. The van der Waals surface area contributed by atoms with E-state index in [2.05, 4.69) is 20.6 Å². The van der Waals surface area contributed by atoms with Crippen molar-refractivity contribution in [2.24, 2.45) is 0 Å². The van der Waals surface area contributed by atoms with Gasteiger partial charge in [0.05, 0.1) is 17.4 Å². The topological polar surface area (TPSA) is 110 Å². The molecule has 8 heteroatoms. The number of aromatic nitrogens is 6. The Balaban J connectivity index is 1.43. The van der Waals surface area contributed by atoms with Crippen molar-refractivity contribution >= 4 is 10.9 Å². The van der Waals surface area contributed by atoms with Crippen LogP contribution in [0.4, 0.5) is 0 Å². The normalized spacial score (nSPS) is 11.2. The fourth-order valence-corrected chi connectivity index (χ4v) is 4.60. The molecule has 0 aliphatic rings. The molecule has 0 atom stereocenters. The number of rotatable bonds is 5. The summed E-state index contributed by atoms with van der Waals surface area (Å²) in [6.07, 6.45) is 0. The summed E-state index contributed by atoms with van der Waals surface area (Å²) in [6, 6.07) is 28.9. The average Bonchev–Trinajstić information content (AvgIpc) is 3.46. The number of aromatic hydroxyl groups is 1. The molecule has 180 valence electrons. The lowest BCUT2D eigenvalue weighted by Crippen LogP contribution is -2.17. The number of H-pyrrole nitrogens is 1. The van der Waals surface area contributed by atoms with Crippen LogP contribution in [0.5, 0.6) is 5.75 Å². The van der Waals surface area contributed by atoms with E-state index in [0.717, 1.165) is 27.8 Å². The van der Waals surface area contributed by atoms with E-state index in [4.69, 9.17) is 5.10 Å². The van der Waals surface area contributed by atoms with Gasteiger partial charge in [-0.25, -0.2) is 0 Å². The molecule has 0 spiro atoms. The molecule has 0 saturated carbocycles. The van der Waals surface area contributed by atoms with E-state index in [1.54, 1.807) is 10.7 Å². The number of aromatic amines is 1. The van der Waals surface area contributed by atoms with Crippen molar-refractivity contribution in [3.8, 4) is 39.5 Å². The third kappa shape index (κ3) is 4.14. The zero-order valence-electron chi connectivity index (χ0n) is 20.0. The van der Waals surface area contributed by atoms with E-state index < -0.39 is 0 Å². The monoisotopic (exact) mass is 486 g/mol. The maximum atomic E-state index is 13.3. The first-order valence-electron chi connectivity index (χ1n) is 11.8. The lowest BCUT2D eigenvalue weighted by molar-refractivity contribution is 0.480. The van der Waals surface area contributed by atoms with Crippen LogP contribution in [-0.2, 0) is 6.54 Å². The van der Waals surface area contributed by atoms with Gasteiger partial charge in [0.1, 0.15) is 11.4 Å². The Hall–Kier alpha value is -5.11. The summed E-state index contributed by atoms with van der Waals surface area (Å²) >= 11 is 0. The summed E-state index contributed by atoms with van der Waals surface area (Å²) in [5, 5.41) is 30.2. The number of nitrogens with zero attached hydrogens (tertiary/aromatic N) is 5. The van der Waals surface area contributed by atoms with Crippen LogP contribution in [0.2, 0.25) is 0 Å². The first-order chi connectivity index (χ1) is 18.1. The number of phenolic OH excluding ortho intramolecular Hbond substituents is 1. The highest BCUT2D eigenvalue weighted by Gasteiger charge is 2.17. The van der Waals surface area contributed by atoms with E-state index in [0.29, 0.717) is 29.1 Å². The molecule has 0 radical (unpaired) electrons. The first-order valence-corrected chi connectivity index (χ1v) is 11.8. The summed E-state index contributed by atoms with van der Waals surface area (Å²) in [4.78, 5) is 13.3. The Morgan fingerprint density at radius 2 is 1.59 bits per heavy atom. The molecular formula is C29H22N6O2. The highest BCUT2D eigenvalue weighted by atomic mass is 16.3. The molecular weight excluding hydrogens is 464 g/mol. The van der Waals surface area contributed by atoms with Gasteiger partial charge in [-0.15, -0.1) is 10.2 Å². The highest BCUT2D eigenvalue weighted by Crippen LogP contribution is 2.30. The third-order valence-electron chi connectivity index (χ3n) is 6.34. The number of aryl methyl sites for hydroxylation is 1. The molecule has 2 N–H and O–H groups in total. The number of benzene rings is 4. The summed E-state index contributed by atoms with van der Waals surface area (Å²) in [5.41, 5.74) is 6.05. The van der Waals surface area contributed by atoms with Crippen LogP contribution in [0.25, 0.3) is 44.7 Å². The highest BCUT2D eigenvalue weighted by molar-refractivity contribution is 5.88. The predicted octanol–water partition coefficient (Wildman–Crippen LogP) is 4.97. The second kappa shape index (κ2) is 9.16. The van der Waals surface area contributed by atoms with Crippen LogP contribution in [-0.4, -0.2) is 35.5 Å². The van der Waals surface area contributed by atoms with Crippen LogP contribution in [0.15, 0.2) is 95.8 Å². The standard InChI is InChI=1S/C29H22N6O2/c1-18-15-24-26(25(36)16-18)28(37)27(21-7-3-2-4-8-21)32-35(24)17-19-11-13-20(14-12-19)22-9-5-6-10-23(22)29-30-33-34-31-29/h2-16,36H,17H2,1H3,(H,30,31,33,34). The van der Waals surface area contributed by atoms with Gasteiger partial charge >= 0.3 is 0 Å². The number of hydrogen-bond acceptors (Lipinski definition) is 6. The second-order valence-electron chi connectivity index (χ2n) is 8.86.